The van der Waals surface area contributed by atoms with Gasteiger partial charge >= 0.3 is 0 Å². The lowest BCUT2D eigenvalue weighted by molar-refractivity contribution is 0.0730. The van der Waals surface area contributed by atoms with Crippen LogP contribution in [0.3, 0.4) is 0 Å². The summed E-state index contributed by atoms with van der Waals surface area (Å²) < 4.78 is 17.1. The largest absolute Gasteiger partial charge is 0.497 e. The highest BCUT2D eigenvalue weighted by Crippen LogP contribution is 2.45. The fourth-order valence-electron chi connectivity index (χ4n) is 4.94. The first-order valence-electron chi connectivity index (χ1n) is 13.3. The van der Waals surface area contributed by atoms with Crippen molar-refractivity contribution in [3.63, 3.8) is 0 Å². The van der Waals surface area contributed by atoms with Gasteiger partial charge in [0.2, 0.25) is 0 Å². The summed E-state index contributed by atoms with van der Waals surface area (Å²) in [7, 11) is 3.28. The summed E-state index contributed by atoms with van der Waals surface area (Å²) in [6.07, 6.45) is 0.954. The maximum atomic E-state index is 13.8. The molecule has 2 heterocycles. The van der Waals surface area contributed by atoms with Crippen LogP contribution in [0, 0.1) is 12.8 Å². The van der Waals surface area contributed by atoms with Crippen molar-refractivity contribution in [2.75, 3.05) is 20.8 Å². The van der Waals surface area contributed by atoms with Gasteiger partial charge in [0.25, 0.3) is 5.91 Å². The van der Waals surface area contributed by atoms with Crippen molar-refractivity contribution >= 4 is 5.91 Å². The zero-order valence-corrected chi connectivity index (χ0v) is 23.2. The Hall–Kier alpha value is -4.26. The molecule has 7 heteroatoms. The van der Waals surface area contributed by atoms with E-state index in [-0.39, 0.29) is 11.9 Å². The van der Waals surface area contributed by atoms with Gasteiger partial charge in [-0.1, -0.05) is 49.7 Å². The molecule has 1 atom stereocenters. The Morgan fingerprint density at radius 2 is 1.69 bits per heavy atom. The number of nitrogens with zero attached hydrogens (tertiary/aromatic N) is 2. The van der Waals surface area contributed by atoms with Crippen LogP contribution in [-0.2, 0) is 6.54 Å². The first-order valence-corrected chi connectivity index (χ1v) is 13.3. The van der Waals surface area contributed by atoms with Gasteiger partial charge in [0.05, 0.1) is 32.6 Å². The average molecular weight is 526 g/mol. The lowest BCUT2D eigenvalue weighted by atomic mass is 9.95. The van der Waals surface area contributed by atoms with Crippen LogP contribution in [0.25, 0.3) is 11.3 Å². The second-order valence-corrected chi connectivity index (χ2v) is 10.4. The number of nitrogens with one attached hydrogen (secondary N) is 1. The van der Waals surface area contributed by atoms with E-state index < -0.39 is 0 Å². The highest BCUT2D eigenvalue weighted by Gasteiger charge is 2.42. The molecule has 202 valence electrons. The van der Waals surface area contributed by atoms with E-state index >= 15 is 0 Å². The molecule has 0 bridgehead atoms. The predicted octanol–water partition coefficient (Wildman–Crippen LogP) is 6.57. The number of benzene rings is 3. The standard InChI is InChI=1S/C32H35N3O4/c1-20(2)16-17-39-26-15-12-24(18-27(26)38-5)31-28-29(23-10-13-25(37-4)14-11-23)33-34-30(28)32(36)35(31)19-22-8-6-21(3)7-9-22/h6-15,18,20,31H,16-17,19H2,1-5H3,(H,33,34). The summed E-state index contributed by atoms with van der Waals surface area (Å²) in [4.78, 5) is 15.7. The molecule has 1 aliphatic heterocycles. The van der Waals surface area contributed by atoms with Gasteiger partial charge < -0.3 is 19.1 Å². The number of H-pyrrole nitrogens is 1. The van der Waals surface area contributed by atoms with Crippen LogP contribution >= 0.6 is 0 Å². The molecule has 1 aromatic heterocycles. The Morgan fingerprint density at radius 1 is 0.949 bits per heavy atom. The molecular weight excluding hydrogens is 490 g/mol. The average Bonchev–Trinajstić information content (AvgIpc) is 3.49. The van der Waals surface area contributed by atoms with E-state index in [1.807, 2.05) is 47.4 Å². The van der Waals surface area contributed by atoms with Crippen molar-refractivity contribution in [1.82, 2.24) is 15.1 Å². The second kappa shape index (κ2) is 11.2. The van der Waals surface area contributed by atoms with E-state index in [9.17, 15) is 4.79 Å². The molecule has 1 aliphatic rings. The van der Waals surface area contributed by atoms with Gasteiger partial charge in [-0.15, -0.1) is 0 Å². The number of carbonyl (C=O) groups excluding carboxylic acids is 1. The number of carbonyl (C=O) groups is 1. The topological polar surface area (TPSA) is 76.7 Å². The van der Waals surface area contributed by atoms with Crippen molar-refractivity contribution < 1.29 is 19.0 Å². The maximum absolute atomic E-state index is 13.8. The first-order chi connectivity index (χ1) is 18.9. The fraction of sp³-hybridized carbons (Fsp3) is 0.312. The summed E-state index contributed by atoms with van der Waals surface area (Å²) in [5, 5.41) is 7.63. The number of ether oxygens (including phenoxy) is 3. The third kappa shape index (κ3) is 5.35. The molecule has 1 N–H and O–H groups in total. The van der Waals surface area contributed by atoms with Crippen molar-refractivity contribution in [1.29, 1.82) is 0 Å². The van der Waals surface area contributed by atoms with Crippen molar-refractivity contribution in [2.45, 2.75) is 39.8 Å². The van der Waals surface area contributed by atoms with Gasteiger partial charge in [0, 0.05) is 17.7 Å². The smallest absolute Gasteiger partial charge is 0.273 e. The Morgan fingerprint density at radius 3 is 2.36 bits per heavy atom. The third-order valence-corrected chi connectivity index (χ3v) is 7.16. The predicted molar refractivity (Wildman–Crippen MR) is 151 cm³/mol. The molecule has 1 unspecified atom stereocenters. The maximum Gasteiger partial charge on any atom is 0.273 e. The van der Waals surface area contributed by atoms with Crippen molar-refractivity contribution in [2.24, 2.45) is 5.92 Å². The number of fused-ring (bicyclic) bond motifs is 1. The first kappa shape index (κ1) is 26.4. The van der Waals surface area contributed by atoms with Crippen LogP contribution in [0.4, 0.5) is 0 Å². The summed E-state index contributed by atoms with van der Waals surface area (Å²) in [5.74, 6) is 2.56. The van der Waals surface area contributed by atoms with Gasteiger partial charge in [0.15, 0.2) is 11.5 Å². The highest BCUT2D eigenvalue weighted by molar-refractivity contribution is 6.00. The Kier molecular flexibility index (Phi) is 7.59. The van der Waals surface area contributed by atoms with E-state index in [0.717, 1.165) is 40.1 Å². The molecule has 0 radical (unpaired) electrons. The van der Waals surface area contributed by atoms with Crippen LogP contribution < -0.4 is 14.2 Å². The molecule has 3 aromatic carbocycles. The van der Waals surface area contributed by atoms with Gasteiger partial charge in [-0.2, -0.15) is 5.10 Å². The highest BCUT2D eigenvalue weighted by atomic mass is 16.5. The van der Waals surface area contributed by atoms with Gasteiger partial charge in [-0.05, 0) is 66.8 Å². The molecule has 0 saturated heterocycles. The number of aromatic amines is 1. The molecular formula is C32H35N3O4. The zero-order valence-electron chi connectivity index (χ0n) is 23.2. The number of aromatic nitrogens is 2. The molecule has 0 aliphatic carbocycles. The molecule has 1 amide bonds. The number of methoxy groups -OCH3 is 2. The van der Waals surface area contributed by atoms with E-state index in [1.165, 1.54) is 5.56 Å². The van der Waals surface area contributed by atoms with Crippen LogP contribution in [0.5, 0.6) is 17.2 Å². The van der Waals surface area contributed by atoms with Gasteiger partial charge in [0.1, 0.15) is 11.4 Å². The molecule has 0 fully saturated rings. The van der Waals surface area contributed by atoms with Crippen LogP contribution in [0.2, 0.25) is 0 Å². The SMILES string of the molecule is COc1ccc(-c2n[nH]c3c2C(c2ccc(OCCC(C)C)c(OC)c2)N(Cc2ccc(C)cc2)C3=O)cc1. The number of hydrogen-bond donors (Lipinski definition) is 1. The van der Waals surface area contributed by atoms with Crippen LogP contribution in [0.1, 0.15) is 59.1 Å². The van der Waals surface area contributed by atoms with Gasteiger partial charge in [-0.3, -0.25) is 9.89 Å². The minimum atomic E-state index is -0.358. The van der Waals surface area contributed by atoms with E-state index in [2.05, 4.69) is 55.2 Å². The lowest BCUT2D eigenvalue weighted by Gasteiger charge is -2.27. The number of rotatable bonds is 10. The summed E-state index contributed by atoms with van der Waals surface area (Å²) in [5.41, 5.74) is 6.18. The quantitative estimate of drug-likeness (QED) is 0.253. The molecule has 7 nitrogen and oxygen atoms in total. The minimum Gasteiger partial charge on any atom is -0.497 e. The summed E-state index contributed by atoms with van der Waals surface area (Å²) in [6.45, 7) is 7.48. The molecule has 0 spiro atoms. The second-order valence-electron chi connectivity index (χ2n) is 10.4. The third-order valence-electron chi connectivity index (χ3n) is 7.16. The van der Waals surface area contributed by atoms with E-state index in [1.54, 1.807) is 14.2 Å². The Balaban J connectivity index is 1.57. The van der Waals surface area contributed by atoms with Crippen LogP contribution in [0.15, 0.2) is 66.7 Å². The molecule has 5 rings (SSSR count). The summed E-state index contributed by atoms with van der Waals surface area (Å²) in [6, 6.07) is 21.6. The van der Waals surface area contributed by atoms with E-state index in [4.69, 9.17) is 14.2 Å². The molecule has 39 heavy (non-hydrogen) atoms. The molecule has 4 aromatic rings. The van der Waals surface area contributed by atoms with E-state index in [0.29, 0.717) is 36.3 Å². The van der Waals surface area contributed by atoms with Crippen molar-refractivity contribution in [3.05, 3.63) is 94.7 Å². The summed E-state index contributed by atoms with van der Waals surface area (Å²) >= 11 is 0. The zero-order chi connectivity index (χ0) is 27.5. The Labute approximate surface area is 229 Å². The lowest BCUT2D eigenvalue weighted by Crippen LogP contribution is -2.29. The number of aryl methyl sites for hydroxylation is 1. The number of hydrogen-bond acceptors (Lipinski definition) is 5. The minimum absolute atomic E-state index is 0.0842. The van der Waals surface area contributed by atoms with Crippen molar-refractivity contribution in [3.8, 4) is 28.5 Å². The molecule has 0 saturated carbocycles. The number of amides is 1. The normalized spacial score (nSPS) is 14.6. The Bertz CT molecular complexity index is 1440. The van der Waals surface area contributed by atoms with Gasteiger partial charge in [-0.25, -0.2) is 0 Å². The fourth-order valence-corrected chi connectivity index (χ4v) is 4.94. The van der Waals surface area contributed by atoms with Crippen LogP contribution in [-0.4, -0.2) is 41.8 Å². The monoisotopic (exact) mass is 525 g/mol.